The number of aryl methyl sites for hydroxylation is 1. The van der Waals surface area contributed by atoms with Crippen molar-refractivity contribution >= 4 is 5.91 Å². The van der Waals surface area contributed by atoms with Crippen molar-refractivity contribution in [1.29, 1.82) is 0 Å². The van der Waals surface area contributed by atoms with Crippen molar-refractivity contribution in [3.8, 4) is 0 Å². The summed E-state index contributed by atoms with van der Waals surface area (Å²) in [5, 5.41) is 9.97. The molecule has 2 heterocycles. The topological polar surface area (TPSA) is 56.9 Å². The lowest BCUT2D eigenvalue weighted by Crippen LogP contribution is -2.56. The van der Waals surface area contributed by atoms with Gasteiger partial charge in [-0.15, -0.1) is 0 Å². The highest BCUT2D eigenvalue weighted by atomic mass is 16.3. The first-order chi connectivity index (χ1) is 10.6. The molecule has 0 radical (unpaired) electrons. The van der Waals surface area contributed by atoms with Crippen LogP contribution in [0.15, 0.2) is 10.5 Å². The van der Waals surface area contributed by atoms with Gasteiger partial charge in [0.1, 0.15) is 11.5 Å². The molecule has 0 bridgehead atoms. The molecular weight excluding hydrogens is 292 g/mol. The van der Waals surface area contributed by atoms with Crippen molar-refractivity contribution in [3.63, 3.8) is 0 Å². The summed E-state index contributed by atoms with van der Waals surface area (Å²) in [6.45, 7) is 14.5. The monoisotopic (exact) mass is 322 g/mol. The van der Waals surface area contributed by atoms with E-state index in [0.29, 0.717) is 24.4 Å². The Kier molecular flexibility index (Phi) is 5.21. The van der Waals surface area contributed by atoms with Crippen LogP contribution in [0.25, 0.3) is 0 Å². The third-order valence-electron chi connectivity index (χ3n) is 4.32. The minimum atomic E-state index is -0.709. The molecule has 1 aromatic rings. The minimum Gasteiger partial charge on any atom is -0.465 e. The molecule has 5 nitrogen and oxygen atoms in total. The van der Waals surface area contributed by atoms with E-state index in [9.17, 15) is 9.90 Å². The van der Waals surface area contributed by atoms with Crippen LogP contribution >= 0.6 is 0 Å². The average molecular weight is 322 g/mol. The maximum atomic E-state index is 12.9. The lowest BCUT2D eigenvalue weighted by atomic mass is 10.1. The molecule has 0 aliphatic carbocycles. The van der Waals surface area contributed by atoms with Crippen LogP contribution in [0, 0.1) is 6.92 Å². The first-order valence-corrected chi connectivity index (χ1v) is 8.44. The molecule has 0 spiro atoms. The fraction of sp³-hybridized carbons (Fsp3) is 0.722. The number of aliphatic hydroxyl groups is 1. The third kappa shape index (κ3) is 4.36. The maximum Gasteiger partial charge on any atom is 0.257 e. The van der Waals surface area contributed by atoms with Crippen molar-refractivity contribution in [2.75, 3.05) is 26.2 Å². The van der Waals surface area contributed by atoms with Crippen LogP contribution in [-0.2, 0) is 0 Å². The molecule has 23 heavy (non-hydrogen) atoms. The first kappa shape index (κ1) is 18.0. The summed E-state index contributed by atoms with van der Waals surface area (Å²) in [5.74, 6) is 1.88. The molecule has 1 aliphatic heterocycles. The van der Waals surface area contributed by atoms with Gasteiger partial charge >= 0.3 is 0 Å². The van der Waals surface area contributed by atoms with Gasteiger partial charge in [-0.2, -0.15) is 0 Å². The highest BCUT2D eigenvalue weighted by Crippen LogP contribution is 2.24. The van der Waals surface area contributed by atoms with Crippen LogP contribution in [-0.4, -0.2) is 58.6 Å². The minimum absolute atomic E-state index is 0.0496. The van der Waals surface area contributed by atoms with Crippen LogP contribution in [0.3, 0.4) is 0 Å². The summed E-state index contributed by atoms with van der Waals surface area (Å²) in [7, 11) is 0. The van der Waals surface area contributed by atoms with Crippen molar-refractivity contribution in [2.45, 2.75) is 59.1 Å². The Labute approximate surface area is 139 Å². The van der Waals surface area contributed by atoms with Gasteiger partial charge < -0.3 is 14.4 Å². The van der Waals surface area contributed by atoms with E-state index < -0.39 is 5.60 Å². The Balaban J connectivity index is 2.07. The second-order valence-corrected chi connectivity index (χ2v) is 7.67. The molecule has 1 unspecified atom stereocenters. The van der Waals surface area contributed by atoms with Gasteiger partial charge in [0.05, 0.1) is 11.2 Å². The third-order valence-corrected chi connectivity index (χ3v) is 4.32. The first-order valence-electron chi connectivity index (χ1n) is 8.44. The summed E-state index contributed by atoms with van der Waals surface area (Å²) in [6.07, 6.45) is 0. The number of β-amino-alcohol motifs (C(OH)–C–C–N with tert-alkyl or cyclic N) is 1. The fourth-order valence-corrected chi connectivity index (χ4v) is 3.18. The normalized spacial score (nSPS) is 20.3. The van der Waals surface area contributed by atoms with Crippen LogP contribution in [0.2, 0.25) is 0 Å². The van der Waals surface area contributed by atoms with Crippen LogP contribution in [0.5, 0.6) is 0 Å². The predicted molar refractivity (Wildman–Crippen MR) is 90.8 cm³/mol. The summed E-state index contributed by atoms with van der Waals surface area (Å²) >= 11 is 0. The van der Waals surface area contributed by atoms with Gasteiger partial charge in [0, 0.05) is 38.1 Å². The van der Waals surface area contributed by atoms with E-state index >= 15 is 0 Å². The van der Waals surface area contributed by atoms with Gasteiger partial charge in [-0.1, -0.05) is 13.8 Å². The molecule has 1 atom stereocenters. The molecule has 0 aromatic carbocycles. The molecule has 1 aliphatic rings. The SMILES string of the molecule is Cc1oc(C(C)C)cc1C(=O)N1CCN(CC(C)(C)O)CC1C. The highest BCUT2D eigenvalue weighted by molar-refractivity contribution is 5.95. The van der Waals surface area contributed by atoms with Gasteiger partial charge in [0.15, 0.2) is 0 Å². The average Bonchev–Trinajstić information content (AvgIpc) is 2.78. The molecule has 1 aromatic heterocycles. The quantitative estimate of drug-likeness (QED) is 0.926. The Bertz CT molecular complexity index is 557. The number of amides is 1. The maximum absolute atomic E-state index is 12.9. The molecule has 1 N–H and O–H groups in total. The van der Waals surface area contributed by atoms with Crippen molar-refractivity contribution in [2.24, 2.45) is 0 Å². The lowest BCUT2D eigenvalue weighted by Gasteiger charge is -2.41. The highest BCUT2D eigenvalue weighted by Gasteiger charge is 2.31. The zero-order valence-corrected chi connectivity index (χ0v) is 15.2. The van der Waals surface area contributed by atoms with Gasteiger partial charge in [0.2, 0.25) is 0 Å². The zero-order valence-electron chi connectivity index (χ0n) is 15.2. The second-order valence-electron chi connectivity index (χ2n) is 7.67. The smallest absolute Gasteiger partial charge is 0.257 e. The molecule has 0 saturated carbocycles. The van der Waals surface area contributed by atoms with Gasteiger partial charge in [-0.05, 0) is 33.8 Å². The zero-order chi connectivity index (χ0) is 17.4. The van der Waals surface area contributed by atoms with Crippen LogP contribution < -0.4 is 0 Å². The molecule has 130 valence electrons. The van der Waals surface area contributed by atoms with Gasteiger partial charge in [0.25, 0.3) is 5.91 Å². The molecule has 1 saturated heterocycles. The largest absolute Gasteiger partial charge is 0.465 e. The second kappa shape index (κ2) is 6.65. The summed E-state index contributed by atoms with van der Waals surface area (Å²) < 4.78 is 5.72. The summed E-state index contributed by atoms with van der Waals surface area (Å²) in [5.41, 5.74) is -0.0318. The van der Waals surface area contributed by atoms with E-state index in [2.05, 4.69) is 25.7 Å². The van der Waals surface area contributed by atoms with E-state index in [0.717, 1.165) is 18.8 Å². The van der Waals surface area contributed by atoms with E-state index in [-0.39, 0.29) is 17.9 Å². The number of carbonyl (C=O) groups excluding carboxylic acids is 1. The Morgan fingerprint density at radius 1 is 1.43 bits per heavy atom. The molecule has 5 heteroatoms. The van der Waals surface area contributed by atoms with E-state index in [1.165, 1.54) is 0 Å². The Hall–Kier alpha value is -1.33. The molecule has 1 fully saturated rings. The van der Waals surface area contributed by atoms with Crippen molar-refractivity contribution < 1.29 is 14.3 Å². The number of nitrogens with zero attached hydrogens (tertiary/aromatic N) is 2. The number of carbonyl (C=O) groups is 1. The number of hydrogen-bond acceptors (Lipinski definition) is 4. The molecular formula is C18H30N2O3. The van der Waals surface area contributed by atoms with Gasteiger partial charge in [-0.3, -0.25) is 9.69 Å². The Morgan fingerprint density at radius 3 is 2.57 bits per heavy atom. The molecule has 1 amide bonds. The van der Waals surface area contributed by atoms with E-state index in [1.54, 1.807) is 0 Å². The fourth-order valence-electron chi connectivity index (χ4n) is 3.18. The van der Waals surface area contributed by atoms with E-state index in [4.69, 9.17) is 4.42 Å². The van der Waals surface area contributed by atoms with Crippen LogP contribution in [0.1, 0.15) is 62.4 Å². The predicted octanol–water partition coefficient (Wildman–Crippen LogP) is 2.63. The number of hydrogen-bond donors (Lipinski definition) is 1. The number of furan rings is 1. The van der Waals surface area contributed by atoms with Gasteiger partial charge in [-0.25, -0.2) is 0 Å². The lowest BCUT2D eigenvalue weighted by molar-refractivity contribution is 0.00574. The van der Waals surface area contributed by atoms with Crippen LogP contribution in [0.4, 0.5) is 0 Å². The summed E-state index contributed by atoms with van der Waals surface area (Å²) in [4.78, 5) is 17.0. The number of rotatable bonds is 4. The van der Waals surface area contributed by atoms with Crippen molar-refractivity contribution in [3.05, 3.63) is 23.2 Å². The van der Waals surface area contributed by atoms with E-state index in [1.807, 2.05) is 31.7 Å². The summed E-state index contributed by atoms with van der Waals surface area (Å²) in [6, 6.07) is 2.01. The Morgan fingerprint density at radius 2 is 2.09 bits per heavy atom. The van der Waals surface area contributed by atoms with Crippen molar-refractivity contribution in [1.82, 2.24) is 9.80 Å². The number of piperazine rings is 1. The standard InChI is InChI=1S/C18H30N2O3/c1-12(2)16-9-15(14(4)23-16)17(21)20-8-7-19(10-13(20)3)11-18(5,6)22/h9,12-13,22H,7-8,10-11H2,1-6H3. The molecule has 2 rings (SSSR count).